The van der Waals surface area contributed by atoms with Crippen molar-refractivity contribution >= 4 is 0 Å². The molecule has 0 unspecified atom stereocenters. The third-order valence-electron chi connectivity index (χ3n) is 2.25. The average molecular weight is 208 g/mol. The molecule has 0 saturated carbocycles. The second-order valence-electron chi connectivity index (χ2n) is 3.48. The fourth-order valence-corrected chi connectivity index (χ4v) is 1.37. The van der Waals surface area contributed by atoms with Crippen LogP contribution < -0.4 is 5.32 Å². The van der Waals surface area contributed by atoms with Crippen molar-refractivity contribution in [3.63, 3.8) is 0 Å². The number of nitrogens with zero attached hydrogens (tertiary/aromatic N) is 1. The molecule has 3 heteroatoms. The fourth-order valence-electron chi connectivity index (χ4n) is 1.37. The Morgan fingerprint density at radius 3 is 3.00 bits per heavy atom. The molecule has 0 aliphatic rings. The Morgan fingerprint density at radius 2 is 2.33 bits per heavy atom. The molecule has 0 aliphatic heterocycles. The molecular formula is C12H20N2O. The largest absolute Gasteiger partial charge is 0.382 e. The van der Waals surface area contributed by atoms with Gasteiger partial charge in [0.05, 0.1) is 5.69 Å². The molecule has 3 nitrogen and oxygen atoms in total. The van der Waals surface area contributed by atoms with Crippen molar-refractivity contribution in [2.24, 2.45) is 0 Å². The van der Waals surface area contributed by atoms with Crippen LogP contribution in [0.2, 0.25) is 0 Å². The molecule has 1 N–H and O–H groups in total. The highest BCUT2D eigenvalue weighted by atomic mass is 16.5. The molecule has 15 heavy (non-hydrogen) atoms. The first-order chi connectivity index (χ1) is 7.34. The summed E-state index contributed by atoms with van der Waals surface area (Å²) in [5, 5.41) is 3.42. The van der Waals surface area contributed by atoms with Gasteiger partial charge >= 0.3 is 0 Å². The summed E-state index contributed by atoms with van der Waals surface area (Å²) in [6.45, 7) is 6.75. The van der Waals surface area contributed by atoms with E-state index in [1.807, 2.05) is 31.3 Å². The van der Waals surface area contributed by atoms with Crippen LogP contribution in [-0.4, -0.2) is 24.7 Å². The van der Waals surface area contributed by atoms with E-state index in [9.17, 15) is 0 Å². The van der Waals surface area contributed by atoms with E-state index in [4.69, 9.17) is 4.74 Å². The molecule has 1 aromatic heterocycles. The predicted octanol–water partition coefficient (Wildman–Crippen LogP) is 2.16. The van der Waals surface area contributed by atoms with Gasteiger partial charge < -0.3 is 10.1 Å². The molecule has 0 fully saturated rings. The van der Waals surface area contributed by atoms with E-state index < -0.39 is 0 Å². The monoisotopic (exact) mass is 208 g/mol. The molecule has 0 bridgehead atoms. The van der Waals surface area contributed by atoms with Gasteiger partial charge in [-0.25, -0.2) is 0 Å². The van der Waals surface area contributed by atoms with Gasteiger partial charge in [0.15, 0.2) is 0 Å². The van der Waals surface area contributed by atoms with Crippen LogP contribution in [0.5, 0.6) is 0 Å². The summed E-state index contributed by atoms with van der Waals surface area (Å²) in [7, 11) is 0. The number of nitrogens with one attached hydrogen (secondary N) is 1. The number of rotatable bonds is 7. The van der Waals surface area contributed by atoms with Crippen molar-refractivity contribution < 1.29 is 4.74 Å². The van der Waals surface area contributed by atoms with Crippen molar-refractivity contribution in [1.29, 1.82) is 0 Å². The summed E-state index contributed by atoms with van der Waals surface area (Å²) in [5.41, 5.74) is 1.09. The van der Waals surface area contributed by atoms with Crippen molar-refractivity contribution in [3.05, 3.63) is 30.1 Å². The first-order valence-electron chi connectivity index (χ1n) is 5.56. The maximum Gasteiger partial charge on any atom is 0.0570 e. The zero-order valence-corrected chi connectivity index (χ0v) is 9.57. The highest BCUT2D eigenvalue weighted by Gasteiger charge is 2.03. The van der Waals surface area contributed by atoms with Crippen molar-refractivity contribution in [1.82, 2.24) is 10.3 Å². The first-order valence-corrected chi connectivity index (χ1v) is 5.56. The molecule has 0 saturated heterocycles. The Kier molecular flexibility index (Phi) is 5.97. The minimum absolute atomic E-state index is 0.313. The fraction of sp³-hybridized carbons (Fsp3) is 0.583. The lowest BCUT2D eigenvalue weighted by molar-refractivity contribution is 0.144. The van der Waals surface area contributed by atoms with E-state index >= 15 is 0 Å². The Morgan fingerprint density at radius 1 is 1.47 bits per heavy atom. The summed E-state index contributed by atoms with van der Waals surface area (Å²) in [6.07, 6.45) is 2.87. The van der Waals surface area contributed by atoms with Gasteiger partial charge in [0.25, 0.3) is 0 Å². The summed E-state index contributed by atoms with van der Waals surface area (Å²) >= 11 is 0. The van der Waals surface area contributed by atoms with Gasteiger partial charge in [0.2, 0.25) is 0 Å². The van der Waals surface area contributed by atoms with E-state index in [0.717, 1.165) is 31.9 Å². The van der Waals surface area contributed by atoms with Crippen molar-refractivity contribution in [2.75, 3.05) is 19.8 Å². The molecule has 0 radical (unpaired) electrons. The zero-order chi connectivity index (χ0) is 10.9. The van der Waals surface area contributed by atoms with Crippen LogP contribution in [-0.2, 0) is 4.74 Å². The lowest BCUT2D eigenvalue weighted by Gasteiger charge is -2.12. The van der Waals surface area contributed by atoms with Gasteiger partial charge in [0.1, 0.15) is 0 Å². The highest BCUT2D eigenvalue weighted by Crippen LogP contribution is 2.07. The molecule has 0 aliphatic carbocycles. The van der Waals surface area contributed by atoms with E-state index in [-0.39, 0.29) is 0 Å². The van der Waals surface area contributed by atoms with Crippen molar-refractivity contribution in [2.45, 2.75) is 26.3 Å². The maximum atomic E-state index is 5.27. The SMILES string of the molecule is CCOCCCN[C@@H](C)c1ccccn1. The molecule has 1 heterocycles. The zero-order valence-electron chi connectivity index (χ0n) is 9.57. The van der Waals surface area contributed by atoms with Crippen LogP contribution in [0.15, 0.2) is 24.4 Å². The molecule has 1 atom stereocenters. The highest BCUT2D eigenvalue weighted by molar-refractivity contribution is 5.07. The number of pyridine rings is 1. The molecule has 0 aromatic carbocycles. The van der Waals surface area contributed by atoms with E-state index in [0.29, 0.717) is 6.04 Å². The van der Waals surface area contributed by atoms with Crippen LogP contribution in [0, 0.1) is 0 Å². The summed E-state index contributed by atoms with van der Waals surface area (Å²) in [5.74, 6) is 0. The third kappa shape index (κ3) is 4.91. The smallest absolute Gasteiger partial charge is 0.0570 e. The predicted molar refractivity (Wildman–Crippen MR) is 61.8 cm³/mol. The molecular weight excluding hydrogens is 188 g/mol. The molecule has 1 rings (SSSR count). The number of hydrogen-bond donors (Lipinski definition) is 1. The normalized spacial score (nSPS) is 12.7. The third-order valence-corrected chi connectivity index (χ3v) is 2.25. The molecule has 84 valence electrons. The summed E-state index contributed by atoms with van der Waals surface area (Å²) in [4.78, 5) is 4.30. The second-order valence-corrected chi connectivity index (χ2v) is 3.48. The van der Waals surface area contributed by atoms with Gasteiger partial charge in [-0.1, -0.05) is 6.07 Å². The van der Waals surface area contributed by atoms with Gasteiger partial charge in [-0.05, 0) is 38.9 Å². The minimum atomic E-state index is 0.313. The molecule has 1 aromatic rings. The lowest BCUT2D eigenvalue weighted by atomic mass is 10.2. The Hall–Kier alpha value is -0.930. The number of aromatic nitrogens is 1. The van der Waals surface area contributed by atoms with E-state index in [1.165, 1.54) is 0 Å². The quantitative estimate of drug-likeness (QED) is 0.697. The van der Waals surface area contributed by atoms with Crippen LogP contribution in [0.1, 0.15) is 32.0 Å². The molecule has 0 amide bonds. The number of hydrogen-bond acceptors (Lipinski definition) is 3. The van der Waals surface area contributed by atoms with Gasteiger partial charge in [-0.2, -0.15) is 0 Å². The van der Waals surface area contributed by atoms with Crippen LogP contribution in [0.3, 0.4) is 0 Å². The maximum absolute atomic E-state index is 5.27. The Balaban J connectivity index is 2.16. The van der Waals surface area contributed by atoms with Gasteiger partial charge in [-0.15, -0.1) is 0 Å². The van der Waals surface area contributed by atoms with E-state index in [2.05, 4.69) is 17.2 Å². The summed E-state index contributed by atoms with van der Waals surface area (Å²) in [6, 6.07) is 6.31. The van der Waals surface area contributed by atoms with Crippen LogP contribution in [0.4, 0.5) is 0 Å². The first kappa shape index (κ1) is 12.1. The lowest BCUT2D eigenvalue weighted by Crippen LogP contribution is -2.21. The van der Waals surface area contributed by atoms with Crippen LogP contribution in [0.25, 0.3) is 0 Å². The standard InChI is InChI=1S/C12H20N2O/c1-3-15-10-6-9-13-11(2)12-7-4-5-8-14-12/h4-5,7-8,11,13H,3,6,9-10H2,1-2H3/t11-/m0/s1. The Bertz CT molecular complexity index is 251. The number of ether oxygens (including phenoxy) is 1. The van der Waals surface area contributed by atoms with Crippen LogP contribution >= 0.6 is 0 Å². The van der Waals surface area contributed by atoms with E-state index in [1.54, 1.807) is 0 Å². The summed E-state index contributed by atoms with van der Waals surface area (Å²) < 4.78 is 5.27. The topological polar surface area (TPSA) is 34.1 Å². The average Bonchev–Trinajstić information content (AvgIpc) is 2.30. The Labute approximate surface area is 91.9 Å². The van der Waals surface area contributed by atoms with Gasteiger partial charge in [0, 0.05) is 25.5 Å². The van der Waals surface area contributed by atoms with Gasteiger partial charge in [-0.3, -0.25) is 4.98 Å². The second kappa shape index (κ2) is 7.37. The minimum Gasteiger partial charge on any atom is -0.382 e. The van der Waals surface area contributed by atoms with Crippen molar-refractivity contribution in [3.8, 4) is 0 Å². The molecule has 0 spiro atoms.